The van der Waals surface area contributed by atoms with Crippen LogP contribution >= 0.6 is 0 Å². The van der Waals surface area contributed by atoms with Gasteiger partial charge in [0.2, 0.25) is 0 Å². The fourth-order valence-corrected chi connectivity index (χ4v) is 1.93. The first-order chi connectivity index (χ1) is 8.83. The Morgan fingerprint density at radius 1 is 1.11 bits per heavy atom. The Labute approximate surface area is 112 Å². The summed E-state index contributed by atoms with van der Waals surface area (Å²) in [5, 5.41) is 3.55. The van der Waals surface area contributed by atoms with E-state index in [0.29, 0.717) is 6.04 Å². The van der Waals surface area contributed by atoms with E-state index in [1.165, 1.54) is 25.7 Å². The van der Waals surface area contributed by atoms with E-state index in [2.05, 4.69) is 19.2 Å². The first kappa shape index (κ1) is 15.0. The summed E-state index contributed by atoms with van der Waals surface area (Å²) in [4.78, 5) is 0. The van der Waals surface area contributed by atoms with E-state index in [-0.39, 0.29) is 0 Å². The number of hydrogen-bond acceptors (Lipinski definition) is 2. The summed E-state index contributed by atoms with van der Waals surface area (Å²) in [5.74, 6) is 0.966. The minimum atomic E-state index is 0.633. The summed E-state index contributed by atoms with van der Waals surface area (Å²) in [5.41, 5.74) is 0. The van der Waals surface area contributed by atoms with Crippen LogP contribution in [0.2, 0.25) is 0 Å². The van der Waals surface area contributed by atoms with Crippen LogP contribution in [0.5, 0.6) is 5.75 Å². The fraction of sp³-hybridized carbons (Fsp3) is 0.625. The third kappa shape index (κ3) is 7.33. The van der Waals surface area contributed by atoms with Crippen molar-refractivity contribution in [2.24, 2.45) is 0 Å². The normalized spacial score (nSPS) is 12.3. The number of para-hydroxylation sites is 1. The molecular weight excluding hydrogens is 222 g/mol. The lowest BCUT2D eigenvalue weighted by Crippen LogP contribution is -2.27. The van der Waals surface area contributed by atoms with Gasteiger partial charge in [0.15, 0.2) is 0 Å². The standard InChI is InChI=1S/C16H27NO/c1-3-4-6-10-15(2)17-13-9-14-18-16-11-7-5-8-12-16/h5,7-8,11-12,15,17H,3-4,6,9-10,13-14H2,1-2H3. The molecule has 1 aromatic carbocycles. The van der Waals surface area contributed by atoms with Crippen molar-refractivity contribution in [1.82, 2.24) is 5.32 Å². The molecule has 0 spiro atoms. The smallest absolute Gasteiger partial charge is 0.119 e. The number of ether oxygens (including phenoxy) is 1. The lowest BCUT2D eigenvalue weighted by atomic mass is 10.1. The van der Waals surface area contributed by atoms with Crippen molar-refractivity contribution in [1.29, 1.82) is 0 Å². The Bertz CT molecular complexity index is 286. The van der Waals surface area contributed by atoms with Gasteiger partial charge in [-0.2, -0.15) is 0 Å². The van der Waals surface area contributed by atoms with Gasteiger partial charge >= 0.3 is 0 Å². The maximum Gasteiger partial charge on any atom is 0.119 e. The Kier molecular flexibility index (Phi) is 8.32. The highest BCUT2D eigenvalue weighted by atomic mass is 16.5. The lowest BCUT2D eigenvalue weighted by molar-refractivity contribution is 0.304. The molecule has 0 amide bonds. The van der Waals surface area contributed by atoms with Crippen molar-refractivity contribution >= 4 is 0 Å². The van der Waals surface area contributed by atoms with Crippen LogP contribution in [-0.2, 0) is 0 Å². The zero-order valence-corrected chi connectivity index (χ0v) is 11.8. The second kappa shape index (κ2) is 9.95. The Hall–Kier alpha value is -1.02. The average Bonchev–Trinajstić information content (AvgIpc) is 2.40. The molecule has 1 aromatic rings. The molecule has 0 fully saturated rings. The van der Waals surface area contributed by atoms with Crippen molar-refractivity contribution in [2.75, 3.05) is 13.2 Å². The highest BCUT2D eigenvalue weighted by Crippen LogP contribution is 2.08. The predicted octanol–water partition coefficient (Wildman–Crippen LogP) is 4.01. The van der Waals surface area contributed by atoms with Gasteiger partial charge in [0.1, 0.15) is 5.75 Å². The SMILES string of the molecule is CCCCCC(C)NCCCOc1ccccc1. The molecule has 102 valence electrons. The van der Waals surface area contributed by atoms with Gasteiger partial charge in [0, 0.05) is 6.04 Å². The maximum atomic E-state index is 5.65. The third-order valence-electron chi connectivity index (χ3n) is 3.07. The van der Waals surface area contributed by atoms with E-state index in [1.807, 2.05) is 30.3 Å². The summed E-state index contributed by atoms with van der Waals surface area (Å²) in [6.07, 6.45) is 6.34. The number of rotatable bonds is 10. The number of benzene rings is 1. The average molecular weight is 249 g/mol. The number of nitrogens with one attached hydrogen (secondary N) is 1. The highest BCUT2D eigenvalue weighted by molar-refractivity contribution is 5.20. The van der Waals surface area contributed by atoms with Gasteiger partial charge in [0.25, 0.3) is 0 Å². The minimum absolute atomic E-state index is 0.633. The summed E-state index contributed by atoms with van der Waals surface area (Å²) < 4.78 is 5.65. The summed E-state index contributed by atoms with van der Waals surface area (Å²) in [7, 11) is 0. The van der Waals surface area contributed by atoms with E-state index in [1.54, 1.807) is 0 Å². The summed E-state index contributed by atoms with van der Waals surface area (Å²) in [6, 6.07) is 10.6. The van der Waals surface area contributed by atoms with Gasteiger partial charge < -0.3 is 10.1 Å². The minimum Gasteiger partial charge on any atom is -0.494 e. The van der Waals surface area contributed by atoms with E-state index in [9.17, 15) is 0 Å². The molecule has 0 bridgehead atoms. The molecule has 2 nitrogen and oxygen atoms in total. The molecule has 0 aromatic heterocycles. The highest BCUT2D eigenvalue weighted by Gasteiger charge is 2.00. The van der Waals surface area contributed by atoms with E-state index in [4.69, 9.17) is 4.74 Å². The van der Waals surface area contributed by atoms with Crippen molar-refractivity contribution < 1.29 is 4.74 Å². The molecule has 0 radical (unpaired) electrons. The van der Waals surface area contributed by atoms with E-state index >= 15 is 0 Å². The molecular formula is C16H27NO. The van der Waals surface area contributed by atoms with Crippen molar-refractivity contribution in [2.45, 2.75) is 52.0 Å². The molecule has 0 saturated heterocycles. The Morgan fingerprint density at radius 2 is 1.89 bits per heavy atom. The largest absolute Gasteiger partial charge is 0.494 e. The quantitative estimate of drug-likeness (QED) is 0.632. The molecule has 1 N–H and O–H groups in total. The monoisotopic (exact) mass is 249 g/mol. The molecule has 0 aliphatic heterocycles. The zero-order valence-electron chi connectivity index (χ0n) is 11.8. The Morgan fingerprint density at radius 3 is 2.61 bits per heavy atom. The van der Waals surface area contributed by atoms with Crippen LogP contribution in [0.25, 0.3) is 0 Å². The Balaban J connectivity index is 1.95. The van der Waals surface area contributed by atoms with Crippen LogP contribution in [0, 0.1) is 0 Å². The second-order valence-corrected chi connectivity index (χ2v) is 4.87. The topological polar surface area (TPSA) is 21.3 Å². The van der Waals surface area contributed by atoms with E-state index in [0.717, 1.165) is 25.3 Å². The molecule has 2 heteroatoms. The zero-order chi connectivity index (χ0) is 13.1. The fourth-order valence-electron chi connectivity index (χ4n) is 1.93. The van der Waals surface area contributed by atoms with Crippen LogP contribution < -0.4 is 10.1 Å². The van der Waals surface area contributed by atoms with Gasteiger partial charge in [-0.1, -0.05) is 44.4 Å². The third-order valence-corrected chi connectivity index (χ3v) is 3.07. The maximum absolute atomic E-state index is 5.65. The lowest BCUT2D eigenvalue weighted by Gasteiger charge is -2.13. The van der Waals surface area contributed by atoms with Crippen LogP contribution in [0.15, 0.2) is 30.3 Å². The molecule has 0 aliphatic carbocycles. The van der Waals surface area contributed by atoms with Crippen molar-refractivity contribution in [3.8, 4) is 5.75 Å². The summed E-state index contributed by atoms with van der Waals surface area (Å²) in [6.45, 7) is 6.35. The number of unbranched alkanes of at least 4 members (excludes halogenated alkanes) is 2. The van der Waals surface area contributed by atoms with Crippen LogP contribution in [0.4, 0.5) is 0 Å². The molecule has 18 heavy (non-hydrogen) atoms. The molecule has 1 atom stereocenters. The van der Waals surface area contributed by atoms with Gasteiger partial charge in [0.05, 0.1) is 6.61 Å². The van der Waals surface area contributed by atoms with Gasteiger partial charge in [-0.3, -0.25) is 0 Å². The van der Waals surface area contributed by atoms with Crippen LogP contribution in [-0.4, -0.2) is 19.2 Å². The van der Waals surface area contributed by atoms with E-state index < -0.39 is 0 Å². The molecule has 0 heterocycles. The first-order valence-electron chi connectivity index (χ1n) is 7.24. The molecule has 0 aliphatic rings. The predicted molar refractivity (Wildman–Crippen MR) is 78.2 cm³/mol. The summed E-state index contributed by atoms with van der Waals surface area (Å²) >= 11 is 0. The van der Waals surface area contributed by atoms with Gasteiger partial charge in [-0.25, -0.2) is 0 Å². The van der Waals surface area contributed by atoms with Crippen molar-refractivity contribution in [3.05, 3.63) is 30.3 Å². The van der Waals surface area contributed by atoms with Crippen LogP contribution in [0.1, 0.15) is 46.0 Å². The molecule has 0 saturated carbocycles. The second-order valence-electron chi connectivity index (χ2n) is 4.87. The molecule has 1 rings (SSSR count). The first-order valence-corrected chi connectivity index (χ1v) is 7.24. The van der Waals surface area contributed by atoms with Crippen LogP contribution in [0.3, 0.4) is 0 Å². The molecule has 1 unspecified atom stereocenters. The van der Waals surface area contributed by atoms with Gasteiger partial charge in [-0.05, 0) is 38.4 Å². The van der Waals surface area contributed by atoms with Crippen molar-refractivity contribution in [3.63, 3.8) is 0 Å². The van der Waals surface area contributed by atoms with Gasteiger partial charge in [-0.15, -0.1) is 0 Å². The number of hydrogen-bond donors (Lipinski definition) is 1.